The van der Waals surface area contributed by atoms with Crippen LogP contribution < -0.4 is 28.3 Å². The minimum Gasteiger partial charge on any atom is -1.00 e. The Hall–Kier alpha value is -3.72. The second-order valence-corrected chi connectivity index (χ2v) is 19.1. The van der Waals surface area contributed by atoms with Gasteiger partial charge in [0.25, 0.3) is 0 Å². The van der Waals surface area contributed by atoms with E-state index in [-0.39, 0.29) is 54.4 Å². The molecule has 2 saturated heterocycles. The van der Waals surface area contributed by atoms with Crippen molar-refractivity contribution in [2.24, 2.45) is 23.7 Å². The molecule has 0 bridgehead atoms. The number of benzene rings is 2. The Morgan fingerprint density at radius 3 is 1.61 bits per heavy atom. The van der Waals surface area contributed by atoms with Gasteiger partial charge in [-0.1, -0.05) is 56.3 Å². The molecule has 4 heterocycles. The third-order valence-corrected chi connectivity index (χ3v) is 13.1. The summed E-state index contributed by atoms with van der Waals surface area (Å²) < 4.78 is 51.1. The predicted molar refractivity (Wildman–Crippen MR) is 229 cm³/mol. The van der Waals surface area contributed by atoms with E-state index in [0.717, 1.165) is 55.9 Å². The normalized spacial score (nSPS) is 26.0. The van der Waals surface area contributed by atoms with Gasteiger partial charge in [0, 0.05) is 73.4 Å². The Balaban J connectivity index is 0.000000244. The van der Waals surface area contributed by atoms with Gasteiger partial charge in [-0.15, -0.1) is 0 Å². The zero-order chi connectivity index (χ0) is 39.0. The van der Waals surface area contributed by atoms with Crippen molar-refractivity contribution in [1.29, 1.82) is 0 Å². The van der Waals surface area contributed by atoms with E-state index in [1.54, 1.807) is 30.5 Å². The average Bonchev–Trinajstić information content (AvgIpc) is 3.62. The molecular formula is C42H52AlLiN6O5S2. The number of fused-ring (bicyclic) bond motifs is 2. The Kier molecular flexibility index (Phi) is 13.7. The van der Waals surface area contributed by atoms with E-state index < -0.39 is 20.0 Å². The van der Waals surface area contributed by atoms with E-state index in [4.69, 9.17) is 0 Å². The first-order valence-electron chi connectivity index (χ1n) is 18.5. The monoisotopic (exact) mass is 818 g/mol. The Labute approximate surface area is 361 Å². The summed E-state index contributed by atoms with van der Waals surface area (Å²) in [5.74, 6) is 2.07. The molecule has 11 nitrogen and oxygen atoms in total. The van der Waals surface area contributed by atoms with E-state index in [1.807, 2.05) is 77.8 Å². The van der Waals surface area contributed by atoms with E-state index in [1.165, 1.54) is 11.8 Å². The van der Waals surface area contributed by atoms with Crippen molar-refractivity contribution in [3.05, 3.63) is 132 Å². The fraction of sp³-hybridized carbons (Fsp3) is 0.357. The summed E-state index contributed by atoms with van der Waals surface area (Å²) in [6, 6.07) is 27.0. The molecule has 8 rings (SSSR count). The third-order valence-electron chi connectivity index (χ3n) is 11.9. The maximum atomic E-state index is 12.5. The van der Waals surface area contributed by atoms with Crippen molar-refractivity contribution in [3.63, 3.8) is 0 Å². The third kappa shape index (κ3) is 10.3. The van der Waals surface area contributed by atoms with E-state index in [0.29, 0.717) is 35.0 Å². The summed E-state index contributed by atoms with van der Waals surface area (Å²) in [6.07, 6.45) is 13.4. The maximum Gasteiger partial charge on any atom is 1.00 e. The molecule has 1 amide bonds. The minimum atomic E-state index is -3.30. The number of nitrogens with zero attached hydrogens (tertiary/aromatic N) is 4. The summed E-state index contributed by atoms with van der Waals surface area (Å²) in [4.78, 5) is 25.3. The van der Waals surface area contributed by atoms with Gasteiger partial charge in [-0.2, -0.15) is 0 Å². The standard InChI is InChI=1S/C21H23N3O3S.C21H25N3O2S.Al.Li.4H/c1-21(15-6-5-8-17(12-15)23-28(2,26)27)18-13-24(14-19(18)21)20(25)10-9-16-7-3-4-11-22-16;1-21(16-7-5-9-18(13-16)23-27(2,25)26)19-14-24(15-20(19)21)12-6-10-17-8-3-4-11-22-17;;;;;;/h3-12,18-19,23H,13-14H2,1-2H3;3-11,13,19-20,23H,12,14-15H2,1-2H3;;;;;;/q;;;+1;;;;-1/b10-9+;10-6+;;;;;;. The van der Waals surface area contributed by atoms with Crippen molar-refractivity contribution in [1.82, 2.24) is 19.8 Å². The molecule has 4 aromatic rings. The van der Waals surface area contributed by atoms with Crippen LogP contribution in [0.4, 0.5) is 11.4 Å². The fourth-order valence-corrected chi connectivity index (χ4v) is 9.94. The second-order valence-electron chi connectivity index (χ2n) is 15.6. The zero-order valence-corrected chi connectivity index (χ0v) is 34.2. The second kappa shape index (κ2) is 17.6. The van der Waals surface area contributed by atoms with Gasteiger partial charge in [0.2, 0.25) is 26.0 Å². The number of aromatic nitrogens is 2. The predicted octanol–water partition coefficient (Wildman–Crippen LogP) is 1.43. The number of nitrogens with one attached hydrogen (secondary N) is 2. The van der Waals surface area contributed by atoms with Gasteiger partial charge in [0.1, 0.15) is 0 Å². The minimum absolute atomic E-state index is 0. The number of rotatable bonds is 11. The molecule has 2 N–H and O–H groups in total. The van der Waals surface area contributed by atoms with Crippen LogP contribution >= 0.6 is 0 Å². The summed E-state index contributed by atoms with van der Waals surface area (Å²) in [5, 5.41) is 0. The largest absolute Gasteiger partial charge is 1.00 e. The number of carbonyl (C=O) groups excluding carboxylic acids is 1. The first kappa shape index (κ1) is 44.4. The van der Waals surface area contributed by atoms with Crippen molar-refractivity contribution in [2.75, 3.05) is 54.7 Å². The van der Waals surface area contributed by atoms with Crippen molar-refractivity contribution in [3.8, 4) is 0 Å². The van der Waals surface area contributed by atoms with Crippen LogP contribution in [0.3, 0.4) is 0 Å². The molecule has 0 radical (unpaired) electrons. The van der Waals surface area contributed by atoms with Crippen LogP contribution in [0.25, 0.3) is 12.2 Å². The number of anilines is 2. The molecule has 4 unspecified atom stereocenters. The first-order chi connectivity index (χ1) is 26.1. The summed E-state index contributed by atoms with van der Waals surface area (Å²) in [6.45, 7) is 9.05. The Morgan fingerprint density at radius 1 is 0.719 bits per heavy atom. The Morgan fingerprint density at radius 2 is 1.18 bits per heavy atom. The number of hydrogen-bond donors (Lipinski definition) is 2. The van der Waals surface area contributed by atoms with Crippen LogP contribution in [0.1, 0.15) is 37.8 Å². The van der Waals surface area contributed by atoms with Crippen molar-refractivity contribution < 1.29 is 41.9 Å². The number of carbonyl (C=O) groups is 1. The quantitative estimate of drug-likeness (QED) is 0.171. The van der Waals surface area contributed by atoms with Gasteiger partial charge < -0.3 is 6.33 Å². The van der Waals surface area contributed by atoms with Crippen LogP contribution in [0.15, 0.2) is 109 Å². The topological polar surface area (TPSA) is 142 Å². The molecule has 2 aromatic carbocycles. The van der Waals surface area contributed by atoms with Crippen LogP contribution in [0.5, 0.6) is 0 Å². The molecular weight excluding hydrogens is 767 g/mol. The van der Waals surface area contributed by atoms with Gasteiger partial charge in [-0.3, -0.25) is 29.1 Å². The maximum absolute atomic E-state index is 12.5. The molecule has 2 aliphatic heterocycles. The van der Waals surface area contributed by atoms with Crippen LogP contribution in [0.2, 0.25) is 0 Å². The smallest absolute Gasteiger partial charge is 1.00 e. The summed E-state index contributed by atoms with van der Waals surface area (Å²) in [5.41, 5.74) is 5.46. The number of hydrogen-bond acceptors (Lipinski definition) is 8. The van der Waals surface area contributed by atoms with E-state index >= 15 is 0 Å². The first-order valence-corrected chi connectivity index (χ1v) is 22.3. The van der Waals surface area contributed by atoms with Gasteiger partial charge in [-0.25, -0.2) is 16.8 Å². The Bertz CT molecular complexity index is 2320. The average molecular weight is 819 g/mol. The number of amides is 1. The molecule has 4 aliphatic rings. The summed E-state index contributed by atoms with van der Waals surface area (Å²) in [7, 11) is -6.55. The molecule has 2 aromatic heterocycles. The van der Waals surface area contributed by atoms with Crippen molar-refractivity contribution >= 4 is 66.8 Å². The van der Waals surface area contributed by atoms with Crippen LogP contribution in [-0.4, -0.2) is 105 Å². The molecule has 4 fully saturated rings. The van der Waals surface area contributed by atoms with Crippen LogP contribution in [-0.2, 0) is 35.7 Å². The SMILES string of the molecule is CC1(c2cccc(NS(C)(=O)=O)c2)C2CN(C(=O)/C=C/c3ccccn3)CC21.CC1(c2cccc(NS(C)(=O)=O)c2)C2CN(C/C=C/c3ccccn3)CC21.[AlH3].[H-].[Li+]. The number of sulfonamides is 2. The van der Waals surface area contributed by atoms with Crippen molar-refractivity contribution in [2.45, 2.75) is 24.7 Å². The fourth-order valence-electron chi connectivity index (χ4n) is 8.83. The zero-order valence-electron chi connectivity index (χ0n) is 33.5. The molecule has 15 heteroatoms. The van der Waals surface area contributed by atoms with Crippen LogP contribution in [0, 0.1) is 23.7 Å². The van der Waals surface area contributed by atoms with E-state index in [9.17, 15) is 21.6 Å². The van der Waals surface area contributed by atoms with Gasteiger partial charge in [0.15, 0.2) is 17.4 Å². The van der Waals surface area contributed by atoms with Gasteiger partial charge in [-0.05, 0) is 95.5 Å². The molecule has 4 atom stereocenters. The van der Waals surface area contributed by atoms with E-state index in [2.05, 4.69) is 56.4 Å². The summed E-state index contributed by atoms with van der Waals surface area (Å²) >= 11 is 0. The molecule has 296 valence electrons. The number of piperidine rings is 2. The molecule has 0 spiro atoms. The number of likely N-dealkylation sites (tertiary alicyclic amines) is 2. The van der Waals surface area contributed by atoms with Gasteiger partial charge in [0.05, 0.1) is 23.9 Å². The number of pyridine rings is 2. The molecule has 2 saturated carbocycles. The van der Waals surface area contributed by atoms with Gasteiger partial charge >= 0.3 is 18.9 Å². The molecule has 57 heavy (non-hydrogen) atoms. The molecule has 2 aliphatic carbocycles.